The van der Waals surface area contributed by atoms with E-state index in [0.29, 0.717) is 6.61 Å². The number of anilines is 1. The Morgan fingerprint density at radius 3 is 2.62 bits per heavy atom. The van der Waals surface area contributed by atoms with Gasteiger partial charge in [-0.15, -0.1) is 0 Å². The fourth-order valence-electron chi connectivity index (χ4n) is 1.74. The van der Waals surface area contributed by atoms with Crippen LogP contribution < -0.4 is 5.73 Å². The summed E-state index contributed by atoms with van der Waals surface area (Å²) in [6.45, 7) is 11.8. The summed E-state index contributed by atoms with van der Waals surface area (Å²) < 4.78 is 8.16. The van der Waals surface area contributed by atoms with E-state index >= 15 is 0 Å². The molecule has 5 heteroatoms. The van der Waals surface area contributed by atoms with Crippen LogP contribution in [0.5, 0.6) is 0 Å². The Labute approximate surface area is 128 Å². The van der Waals surface area contributed by atoms with Crippen LogP contribution in [0.15, 0.2) is 36.8 Å². The first-order valence-corrected chi connectivity index (χ1v) is 10.1. The Balaban J connectivity index is 2.08. The van der Waals surface area contributed by atoms with E-state index in [4.69, 9.17) is 10.2 Å². The van der Waals surface area contributed by atoms with Crippen LogP contribution in [0.25, 0.3) is 5.69 Å². The number of rotatable bonds is 4. The van der Waals surface area contributed by atoms with Gasteiger partial charge < -0.3 is 14.7 Å². The third-order valence-electron chi connectivity index (χ3n) is 4.19. The largest absolute Gasteiger partial charge is 0.411 e. The lowest BCUT2D eigenvalue weighted by Crippen LogP contribution is -2.40. The first-order valence-electron chi connectivity index (χ1n) is 7.22. The maximum atomic E-state index is 6.19. The highest BCUT2D eigenvalue weighted by molar-refractivity contribution is 6.74. The molecule has 2 aromatic rings. The van der Waals surface area contributed by atoms with Crippen molar-refractivity contribution in [1.82, 2.24) is 9.55 Å². The van der Waals surface area contributed by atoms with E-state index in [1.54, 1.807) is 6.33 Å². The summed E-state index contributed by atoms with van der Waals surface area (Å²) in [6.07, 6.45) is 3.81. The average molecular weight is 303 g/mol. The first kappa shape index (κ1) is 15.8. The fourth-order valence-corrected chi connectivity index (χ4v) is 2.68. The summed E-state index contributed by atoms with van der Waals surface area (Å²) in [6, 6.07) is 7.76. The van der Waals surface area contributed by atoms with Gasteiger partial charge in [-0.05, 0) is 36.3 Å². The molecule has 0 saturated heterocycles. The molecule has 1 heterocycles. The van der Waals surface area contributed by atoms with Crippen LogP contribution in [0.1, 0.15) is 26.5 Å². The van der Waals surface area contributed by atoms with Gasteiger partial charge in [0.15, 0.2) is 8.32 Å². The summed E-state index contributed by atoms with van der Waals surface area (Å²) in [7, 11) is -1.74. The average Bonchev–Trinajstić information content (AvgIpc) is 2.84. The van der Waals surface area contributed by atoms with Gasteiger partial charge >= 0.3 is 0 Å². The van der Waals surface area contributed by atoms with Crippen molar-refractivity contribution in [2.45, 2.75) is 45.5 Å². The van der Waals surface area contributed by atoms with Crippen molar-refractivity contribution in [3.05, 3.63) is 42.5 Å². The van der Waals surface area contributed by atoms with Crippen molar-refractivity contribution >= 4 is 14.0 Å². The van der Waals surface area contributed by atoms with Crippen LogP contribution in [0.2, 0.25) is 18.1 Å². The van der Waals surface area contributed by atoms with Crippen LogP contribution in [0.4, 0.5) is 5.69 Å². The molecule has 0 aliphatic rings. The summed E-state index contributed by atoms with van der Waals surface area (Å²) in [4.78, 5) is 4.43. The lowest BCUT2D eigenvalue weighted by molar-refractivity contribution is 0.272. The summed E-state index contributed by atoms with van der Waals surface area (Å²) >= 11 is 0. The maximum Gasteiger partial charge on any atom is 0.192 e. The van der Waals surface area contributed by atoms with E-state index in [2.05, 4.69) is 38.8 Å². The minimum Gasteiger partial charge on any atom is -0.411 e. The molecule has 2 N–H and O–H groups in total. The van der Waals surface area contributed by atoms with Gasteiger partial charge in [-0.1, -0.05) is 26.8 Å². The second kappa shape index (κ2) is 5.65. The SMILES string of the molecule is CC(C)(C)[Si](C)(C)OCc1cn(-c2cccc(N)c2)cn1. The zero-order valence-electron chi connectivity index (χ0n) is 13.6. The van der Waals surface area contributed by atoms with Crippen LogP contribution in [0.3, 0.4) is 0 Å². The number of nitrogens with zero attached hydrogens (tertiary/aromatic N) is 2. The van der Waals surface area contributed by atoms with Crippen molar-refractivity contribution in [1.29, 1.82) is 0 Å². The molecule has 0 atom stereocenters. The number of aromatic nitrogens is 2. The second-order valence-corrected chi connectivity index (χ2v) is 11.7. The van der Waals surface area contributed by atoms with E-state index in [-0.39, 0.29) is 5.04 Å². The van der Waals surface area contributed by atoms with Gasteiger partial charge in [0.25, 0.3) is 0 Å². The molecule has 21 heavy (non-hydrogen) atoms. The molecular formula is C16H25N3OSi. The molecule has 0 aliphatic carbocycles. The molecule has 114 valence electrons. The third kappa shape index (κ3) is 3.74. The molecule has 1 aromatic heterocycles. The molecule has 0 spiro atoms. The third-order valence-corrected chi connectivity index (χ3v) is 8.67. The predicted octanol–water partition coefficient (Wildman–Crippen LogP) is 3.98. The van der Waals surface area contributed by atoms with Gasteiger partial charge in [0, 0.05) is 17.6 Å². The van der Waals surface area contributed by atoms with E-state index in [0.717, 1.165) is 17.1 Å². The Bertz CT molecular complexity index is 614. The molecule has 0 aliphatic heterocycles. The predicted molar refractivity (Wildman–Crippen MR) is 90.0 cm³/mol. The number of nitrogens with two attached hydrogens (primary N) is 1. The van der Waals surface area contributed by atoms with E-state index in [1.165, 1.54) is 0 Å². The van der Waals surface area contributed by atoms with E-state index < -0.39 is 8.32 Å². The highest BCUT2D eigenvalue weighted by atomic mass is 28.4. The number of nitrogen functional groups attached to an aromatic ring is 1. The summed E-state index contributed by atoms with van der Waals surface area (Å²) in [5, 5.41) is 0.212. The van der Waals surface area contributed by atoms with Crippen molar-refractivity contribution in [2.75, 3.05) is 5.73 Å². The number of hydrogen-bond donors (Lipinski definition) is 1. The lowest BCUT2D eigenvalue weighted by Gasteiger charge is -2.35. The Morgan fingerprint density at radius 2 is 2.00 bits per heavy atom. The molecular weight excluding hydrogens is 278 g/mol. The first-order chi connectivity index (χ1) is 9.69. The monoisotopic (exact) mass is 303 g/mol. The molecule has 0 radical (unpaired) electrons. The normalized spacial score (nSPS) is 12.6. The number of imidazole rings is 1. The van der Waals surface area contributed by atoms with Crippen molar-refractivity contribution in [3.63, 3.8) is 0 Å². The van der Waals surface area contributed by atoms with Crippen molar-refractivity contribution in [2.24, 2.45) is 0 Å². The summed E-state index contributed by atoms with van der Waals surface area (Å²) in [5.41, 5.74) is 8.53. The number of benzene rings is 1. The molecule has 0 saturated carbocycles. The topological polar surface area (TPSA) is 53.1 Å². The van der Waals surface area contributed by atoms with Crippen molar-refractivity contribution in [3.8, 4) is 5.69 Å². The van der Waals surface area contributed by atoms with Crippen LogP contribution in [0, 0.1) is 0 Å². The molecule has 2 rings (SSSR count). The smallest absolute Gasteiger partial charge is 0.192 e. The molecule has 0 bridgehead atoms. The molecule has 0 unspecified atom stereocenters. The Morgan fingerprint density at radius 1 is 1.29 bits per heavy atom. The second-order valence-electron chi connectivity index (χ2n) is 6.92. The highest BCUT2D eigenvalue weighted by Gasteiger charge is 2.37. The van der Waals surface area contributed by atoms with Crippen LogP contribution in [-0.2, 0) is 11.0 Å². The molecule has 0 fully saturated rings. The van der Waals surface area contributed by atoms with Crippen LogP contribution >= 0.6 is 0 Å². The minimum absolute atomic E-state index is 0.212. The minimum atomic E-state index is -1.74. The zero-order chi connectivity index (χ0) is 15.7. The van der Waals surface area contributed by atoms with Gasteiger partial charge in [0.2, 0.25) is 0 Å². The van der Waals surface area contributed by atoms with Gasteiger partial charge in [-0.2, -0.15) is 0 Å². The Hall–Kier alpha value is -1.59. The van der Waals surface area contributed by atoms with E-state index in [1.807, 2.05) is 35.0 Å². The zero-order valence-corrected chi connectivity index (χ0v) is 14.6. The summed E-state index contributed by atoms with van der Waals surface area (Å²) in [5.74, 6) is 0. The van der Waals surface area contributed by atoms with Crippen molar-refractivity contribution < 1.29 is 4.43 Å². The molecule has 0 amide bonds. The van der Waals surface area contributed by atoms with E-state index in [9.17, 15) is 0 Å². The maximum absolute atomic E-state index is 6.19. The van der Waals surface area contributed by atoms with Gasteiger partial charge in [-0.3, -0.25) is 0 Å². The lowest BCUT2D eigenvalue weighted by atomic mass is 10.2. The van der Waals surface area contributed by atoms with Crippen LogP contribution in [-0.4, -0.2) is 17.9 Å². The quantitative estimate of drug-likeness (QED) is 0.686. The van der Waals surface area contributed by atoms with Gasteiger partial charge in [0.05, 0.1) is 18.6 Å². The van der Waals surface area contributed by atoms with Gasteiger partial charge in [-0.25, -0.2) is 4.98 Å². The molecule has 1 aromatic carbocycles. The fraction of sp³-hybridized carbons (Fsp3) is 0.438. The van der Waals surface area contributed by atoms with Gasteiger partial charge in [0.1, 0.15) is 0 Å². The molecule has 4 nitrogen and oxygen atoms in total. The Kier molecular flexibility index (Phi) is 4.25. The standard InChI is InChI=1S/C16H25N3OSi/c1-16(2,3)21(4,5)20-11-14-10-19(12-18-14)15-8-6-7-13(17)9-15/h6-10,12H,11,17H2,1-5H3. The highest BCUT2D eigenvalue weighted by Crippen LogP contribution is 2.36. The number of hydrogen-bond acceptors (Lipinski definition) is 3.